The first-order valence-corrected chi connectivity index (χ1v) is 2.52. The van der Waals surface area contributed by atoms with Crippen molar-refractivity contribution in [3.8, 4) is 0 Å². The van der Waals surface area contributed by atoms with Gasteiger partial charge < -0.3 is 5.11 Å². The first-order chi connectivity index (χ1) is 3.12. The quantitative estimate of drug-likeness (QED) is 0.554. The zero-order valence-electron chi connectivity index (χ0n) is 5.07. The molecular weight excluding hydrogens is 88.1 g/mol. The maximum atomic E-state index is 8.55. The molecule has 0 saturated heterocycles. The highest BCUT2D eigenvalue weighted by atomic mass is 16.3. The average molecular weight is 101 g/mol. The van der Waals surface area contributed by atoms with E-state index in [9.17, 15) is 0 Å². The predicted octanol–water partition coefficient (Wildman–Crippen LogP) is 1.23. The van der Waals surface area contributed by atoms with E-state index in [1.165, 1.54) is 0 Å². The highest BCUT2D eigenvalue weighted by molar-refractivity contribution is 4.66. The standard InChI is InChI=1S/C6H13O/c1-4-6(2,3)5-7/h7H,1,4-5H2,2-3H3. The van der Waals surface area contributed by atoms with Crippen LogP contribution in [0.25, 0.3) is 0 Å². The fourth-order valence-electron chi connectivity index (χ4n) is 0.0791. The molecule has 1 radical (unpaired) electrons. The van der Waals surface area contributed by atoms with Crippen molar-refractivity contribution in [3.05, 3.63) is 6.92 Å². The summed E-state index contributed by atoms with van der Waals surface area (Å²) < 4.78 is 0. The summed E-state index contributed by atoms with van der Waals surface area (Å²) in [7, 11) is 0. The Kier molecular flexibility index (Phi) is 2.30. The lowest BCUT2D eigenvalue weighted by atomic mass is 9.92. The van der Waals surface area contributed by atoms with Crippen LogP contribution >= 0.6 is 0 Å². The molecule has 1 heteroatoms. The van der Waals surface area contributed by atoms with Crippen LogP contribution in [0, 0.1) is 12.3 Å². The van der Waals surface area contributed by atoms with Gasteiger partial charge in [-0.25, -0.2) is 0 Å². The van der Waals surface area contributed by atoms with Crippen molar-refractivity contribution in [2.24, 2.45) is 5.41 Å². The third kappa shape index (κ3) is 2.63. The minimum Gasteiger partial charge on any atom is -0.396 e. The number of hydrogen-bond acceptors (Lipinski definition) is 1. The van der Waals surface area contributed by atoms with Crippen LogP contribution in [0.1, 0.15) is 20.3 Å². The minimum atomic E-state index is 0.0278. The Labute approximate surface area is 45.4 Å². The van der Waals surface area contributed by atoms with Gasteiger partial charge in [0.2, 0.25) is 0 Å². The third-order valence-corrected chi connectivity index (χ3v) is 1.10. The molecule has 0 aliphatic carbocycles. The second kappa shape index (κ2) is 2.31. The molecule has 0 bridgehead atoms. The first-order valence-electron chi connectivity index (χ1n) is 2.52. The van der Waals surface area contributed by atoms with Gasteiger partial charge in [-0.1, -0.05) is 20.8 Å². The number of hydrogen-bond donors (Lipinski definition) is 1. The Bertz CT molecular complexity index is 42.1. The number of aliphatic hydroxyl groups excluding tert-OH is 1. The van der Waals surface area contributed by atoms with Crippen LogP contribution in [0.4, 0.5) is 0 Å². The lowest BCUT2D eigenvalue weighted by Crippen LogP contribution is -2.14. The lowest BCUT2D eigenvalue weighted by molar-refractivity contribution is 0.161. The van der Waals surface area contributed by atoms with Gasteiger partial charge in [-0.2, -0.15) is 0 Å². The van der Waals surface area contributed by atoms with Gasteiger partial charge in [-0.05, 0) is 11.8 Å². The van der Waals surface area contributed by atoms with Gasteiger partial charge in [0.15, 0.2) is 0 Å². The van der Waals surface area contributed by atoms with Gasteiger partial charge in [0.1, 0.15) is 0 Å². The van der Waals surface area contributed by atoms with E-state index >= 15 is 0 Å². The molecule has 0 fully saturated rings. The van der Waals surface area contributed by atoms with Crippen LogP contribution < -0.4 is 0 Å². The molecule has 0 aliphatic rings. The van der Waals surface area contributed by atoms with E-state index in [1.807, 2.05) is 13.8 Å². The fraction of sp³-hybridized carbons (Fsp3) is 0.833. The van der Waals surface area contributed by atoms with Crippen molar-refractivity contribution < 1.29 is 5.11 Å². The van der Waals surface area contributed by atoms with Crippen LogP contribution in [0.15, 0.2) is 0 Å². The third-order valence-electron chi connectivity index (χ3n) is 1.10. The van der Waals surface area contributed by atoms with Gasteiger partial charge in [-0.3, -0.25) is 0 Å². The molecule has 0 aromatic heterocycles. The summed E-state index contributed by atoms with van der Waals surface area (Å²) in [6, 6.07) is 0. The van der Waals surface area contributed by atoms with Gasteiger partial charge in [0, 0.05) is 6.61 Å². The van der Waals surface area contributed by atoms with Crippen LogP contribution in [-0.2, 0) is 0 Å². The van der Waals surface area contributed by atoms with Crippen molar-refractivity contribution in [3.63, 3.8) is 0 Å². The van der Waals surface area contributed by atoms with Crippen LogP contribution in [-0.4, -0.2) is 11.7 Å². The second-order valence-corrected chi connectivity index (χ2v) is 2.57. The molecule has 1 N–H and O–H groups in total. The molecule has 0 aromatic carbocycles. The van der Waals surface area contributed by atoms with Crippen molar-refractivity contribution in [1.82, 2.24) is 0 Å². The normalized spacial score (nSPS) is 12.0. The molecule has 0 amide bonds. The van der Waals surface area contributed by atoms with E-state index in [0.29, 0.717) is 0 Å². The van der Waals surface area contributed by atoms with E-state index in [1.54, 1.807) is 0 Å². The Morgan fingerprint density at radius 2 is 2.00 bits per heavy atom. The summed E-state index contributed by atoms with van der Waals surface area (Å²) in [4.78, 5) is 0. The van der Waals surface area contributed by atoms with E-state index in [-0.39, 0.29) is 12.0 Å². The fourth-order valence-corrected chi connectivity index (χ4v) is 0.0791. The highest BCUT2D eigenvalue weighted by Crippen LogP contribution is 2.16. The number of rotatable bonds is 2. The Balaban J connectivity index is 3.36. The summed E-state index contributed by atoms with van der Waals surface area (Å²) in [5, 5.41) is 8.55. The molecule has 0 heterocycles. The number of aliphatic hydroxyl groups is 1. The SMILES string of the molecule is [CH2]CC(C)(C)CO. The Morgan fingerprint density at radius 1 is 1.57 bits per heavy atom. The van der Waals surface area contributed by atoms with Crippen molar-refractivity contribution >= 4 is 0 Å². The zero-order valence-corrected chi connectivity index (χ0v) is 5.07. The van der Waals surface area contributed by atoms with E-state index in [0.717, 1.165) is 6.42 Å². The summed E-state index contributed by atoms with van der Waals surface area (Å²) in [5.41, 5.74) is 0.0278. The molecule has 0 aromatic rings. The topological polar surface area (TPSA) is 20.2 Å². The van der Waals surface area contributed by atoms with Gasteiger partial charge in [-0.15, -0.1) is 0 Å². The molecule has 7 heavy (non-hydrogen) atoms. The van der Waals surface area contributed by atoms with Gasteiger partial charge >= 0.3 is 0 Å². The summed E-state index contributed by atoms with van der Waals surface area (Å²) in [6.07, 6.45) is 0.795. The molecule has 0 unspecified atom stereocenters. The first kappa shape index (κ1) is 6.96. The van der Waals surface area contributed by atoms with Gasteiger partial charge in [0.25, 0.3) is 0 Å². The summed E-state index contributed by atoms with van der Waals surface area (Å²) in [6.45, 7) is 7.87. The molecule has 0 rings (SSSR count). The van der Waals surface area contributed by atoms with E-state index in [2.05, 4.69) is 6.92 Å². The van der Waals surface area contributed by atoms with E-state index in [4.69, 9.17) is 5.11 Å². The maximum absolute atomic E-state index is 8.55. The smallest absolute Gasteiger partial charge is 0.0482 e. The van der Waals surface area contributed by atoms with E-state index < -0.39 is 0 Å². The molecular formula is C6H13O. The maximum Gasteiger partial charge on any atom is 0.0482 e. The van der Waals surface area contributed by atoms with Crippen LogP contribution in [0.5, 0.6) is 0 Å². The van der Waals surface area contributed by atoms with Crippen molar-refractivity contribution in [2.45, 2.75) is 20.3 Å². The molecule has 0 aliphatic heterocycles. The van der Waals surface area contributed by atoms with Crippen LogP contribution in [0.3, 0.4) is 0 Å². The average Bonchev–Trinajstić information content (AvgIpc) is 1.68. The molecule has 43 valence electrons. The minimum absolute atomic E-state index is 0.0278. The molecule has 0 atom stereocenters. The summed E-state index contributed by atoms with van der Waals surface area (Å²) >= 11 is 0. The lowest BCUT2D eigenvalue weighted by Gasteiger charge is -2.17. The second-order valence-electron chi connectivity index (χ2n) is 2.57. The van der Waals surface area contributed by atoms with Crippen molar-refractivity contribution in [2.75, 3.05) is 6.61 Å². The molecule has 0 saturated carbocycles. The zero-order chi connectivity index (χ0) is 5.91. The van der Waals surface area contributed by atoms with Crippen LogP contribution in [0.2, 0.25) is 0 Å². The monoisotopic (exact) mass is 101 g/mol. The van der Waals surface area contributed by atoms with Gasteiger partial charge in [0.05, 0.1) is 0 Å². The summed E-state index contributed by atoms with van der Waals surface area (Å²) in [5.74, 6) is 0. The highest BCUT2D eigenvalue weighted by Gasteiger charge is 2.11. The molecule has 0 spiro atoms. The predicted molar refractivity (Wildman–Crippen MR) is 30.8 cm³/mol. The largest absolute Gasteiger partial charge is 0.396 e. The molecule has 1 nitrogen and oxygen atoms in total. The Morgan fingerprint density at radius 3 is 2.00 bits per heavy atom. The van der Waals surface area contributed by atoms with Crippen molar-refractivity contribution in [1.29, 1.82) is 0 Å². The Hall–Kier alpha value is -0.0400.